The third-order valence-corrected chi connectivity index (χ3v) is 6.40. The Balaban J connectivity index is 1.41. The summed E-state index contributed by atoms with van der Waals surface area (Å²) in [5.41, 5.74) is 5.83. The summed E-state index contributed by atoms with van der Waals surface area (Å²) >= 11 is 0. The number of ether oxygens (including phenoxy) is 1. The highest BCUT2D eigenvalue weighted by molar-refractivity contribution is 6.12. The van der Waals surface area contributed by atoms with Crippen molar-refractivity contribution in [2.24, 2.45) is 0 Å². The Labute approximate surface area is 207 Å². The van der Waals surface area contributed by atoms with Crippen LogP contribution in [0.25, 0.3) is 0 Å². The molecule has 0 fully saturated rings. The molecule has 0 aromatic heterocycles. The zero-order valence-electron chi connectivity index (χ0n) is 20.0. The van der Waals surface area contributed by atoms with Crippen LogP contribution in [0.15, 0.2) is 103 Å². The van der Waals surface area contributed by atoms with Crippen LogP contribution in [0.3, 0.4) is 0 Å². The summed E-state index contributed by atoms with van der Waals surface area (Å²) < 4.78 is 5.97. The first-order valence-corrected chi connectivity index (χ1v) is 12.3. The smallest absolute Gasteiger partial charge is 0.262 e. The molecule has 5 rings (SSSR count). The van der Waals surface area contributed by atoms with E-state index in [0.717, 1.165) is 41.1 Å². The topological polar surface area (TPSA) is 41.6 Å². The van der Waals surface area contributed by atoms with E-state index < -0.39 is 0 Å². The highest BCUT2D eigenvalue weighted by Gasteiger charge is 2.34. The van der Waals surface area contributed by atoms with Crippen molar-refractivity contribution in [3.63, 3.8) is 0 Å². The van der Waals surface area contributed by atoms with Crippen molar-refractivity contribution in [2.75, 3.05) is 10.2 Å². The highest BCUT2D eigenvalue weighted by atomic mass is 16.5. The molecule has 4 aromatic rings. The Morgan fingerprint density at radius 1 is 0.800 bits per heavy atom. The second kappa shape index (κ2) is 10.5. The van der Waals surface area contributed by atoms with Gasteiger partial charge in [0.25, 0.3) is 5.91 Å². The maximum absolute atomic E-state index is 13.6. The van der Waals surface area contributed by atoms with Gasteiger partial charge in [-0.1, -0.05) is 80.1 Å². The van der Waals surface area contributed by atoms with Gasteiger partial charge >= 0.3 is 0 Å². The number of benzene rings is 4. The molecule has 0 bridgehead atoms. The molecule has 4 aromatic carbocycles. The number of carbonyl (C=O) groups is 1. The maximum atomic E-state index is 13.6. The third kappa shape index (κ3) is 5.07. The second-order valence-corrected chi connectivity index (χ2v) is 8.88. The predicted molar refractivity (Wildman–Crippen MR) is 142 cm³/mol. The van der Waals surface area contributed by atoms with Gasteiger partial charge in [-0.3, -0.25) is 9.69 Å². The lowest BCUT2D eigenvalue weighted by Crippen LogP contribution is -2.43. The number of fused-ring (bicyclic) bond motifs is 1. The standard InChI is InChI=1S/C31H30N2O2/c1-2-3-9-23-14-18-26(19-15-23)33-30(32-29-13-8-7-12-28(29)31(33)34)25-16-20-27(21-17-25)35-22-24-10-5-4-6-11-24/h4-8,10-21,30,32H,2-3,9,22H2,1H3/t30-/m1/s1. The second-order valence-electron chi connectivity index (χ2n) is 8.88. The largest absolute Gasteiger partial charge is 0.489 e. The van der Waals surface area contributed by atoms with Crippen LogP contribution < -0.4 is 15.0 Å². The van der Waals surface area contributed by atoms with Crippen LogP contribution in [0.1, 0.15) is 53.0 Å². The van der Waals surface area contributed by atoms with Crippen molar-refractivity contribution in [3.05, 3.63) is 125 Å². The van der Waals surface area contributed by atoms with E-state index in [-0.39, 0.29) is 12.1 Å². The number of amides is 1. The molecule has 0 aliphatic carbocycles. The molecule has 4 nitrogen and oxygen atoms in total. The number of carbonyl (C=O) groups excluding carboxylic acids is 1. The molecular weight excluding hydrogens is 432 g/mol. The van der Waals surface area contributed by atoms with Gasteiger partial charge in [-0.25, -0.2) is 0 Å². The maximum Gasteiger partial charge on any atom is 0.262 e. The fourth-order valence-electron chi connectivity index (χ4n) is 4.44. The van der Waals surface area contributed by atoms with Gasteiger partial charge in [-0.2, -0.15) is 0 Å². The highest BCUT2D eigenvalue weighted by Crippen LogP contribution is 2.37. The van der Waals surface area contributed by atoms with Crippen LogP contribution in [-0.4, -0.2) is 5.91 Å². The summed E-state index contributed by atoms with van der Waals surface area (Å²) in [6.45, 7) is 2.72. The minimum atomic E-state index is -0.318. The van der Waals surface area contributed by atoms with Crippen LogP contribution in [0.4, 0.5) is 11.4 Å². The summed E-state index contributed by atoms with van der Waals surface area (Å²) in [5, 5.41) is 3.58. The average Bonchev–Trinajstić information content (AvgIpc) is 2.92. The van der Waals surface area contributed by atoms with Crippen molar-refractivity contribution in [1.82, 2.24) is 0 Å². The number of para-hydroxylation sites is 1. The van der Waals surface area contributed by atoms with E-state index in [1.54, 1.807) is 0 Å². The van der Waals surface area contributed by atoms with Crippen molar-refractivity contribution < 1.29 is 9.53 Å². The number of rotatable bonds is 8. The molecule has 1 aliphatic rings. The van der Waals surface area contributed by atoms with Crippen molar-refractivity contribution in [1.29, 1.82) is 0 Å². The van der Waals surface area contributed by atoms with Gasteiger partial charge in [0, 0.05) is 11.4 Å². The molecule has 1 amide bonds. The Morgan fingerprint density at radius 2 is 1.51 bits per heavy atom. The Bertz CT molecular complexity index is 1270. The lowest BCUT2D eigenvalue weighted by atomic mass is 10.0. The summed E-state index contributed by atoms with van der Waals surface area (Å²) in [7, 11) is 0. The quantitative estimate of drug-likeness (QED) is 0.297. The summed E-state index contributed by atoms with van der Waals surface area (Å²) in [4.78, 5) is 15.5. The number of aryl methyl sites for hydroxylation is 1. The zero-order chi connectivity index (χ0) is 24.0. The van der Waals surface area contributed by atoms with E-state index in [0.29, 0.717) is 12.2 Å². The minimum absolute atomic E-state index is 0.00457. The molecule has 1 atom stereocenters. The van der Waals surface area contributed by atoms with Crippen LogP contribution >= 0.6 is 0 Å². The first-order valence-electron chi connectivity index (χ1n) is 12.3. The van der Waals surface area contributed by atoms with Crippen LogP contribution in [0.2, 0.25) is 0 Å². The molecule has 0 saturated heterocycles. The molecule has 4 heteroatoms. The first kappa shape index (κ1) is 22.7. The van der Waals surface area contributed by atoms with E-state index in [2.05, 4.69) is 48.6 Å². The molecule has 0 saturated carbocycles. The summed E-state index contributed by atoms with van der Waals surface area (Å²) in [6.07, 6.45) is 3.07. The summed E-state index contributed by atoms with van der Waals surface area (Å²) in [5.74, 6) is 0.794. The number of hydrogen-bond donors (Lipinski definition) is 1. The SMILES string of the molecule is CCCCc1ccc(N2C(=O)c3ccccc3N[C@H]2c2ccc(OCc3ccccc3)cc2)cc1. The number of nitrogens with zero attached hydrogens (tertiary/aromatic N) is 1. The van der Waals surface area contributed by atoms with Crippen LogP contribution in [0.5, 0.6) is 5.75 Å². The number of hydrogen-bond acceptors (Lipinski definition) is 3. The molecule has 0 radical (unpaired) electrons. The van der Waals surface area contributed by atoms with Crippen molar-refractivity contribution in [3.8, 4) is 5.75 Å². The van der Waals surface area contributed by atoms with Gasteiger partial charge < -0.3 is 10.1 Å². The van der Waals surface area contributed by atoms with Crippen molar-refractivity contribution >= 4 is 17.3 Å². The molecule has 176 valence electrons. The lowest BCUT2D eigenvalue weighted by Gasteiger charge is -2.38. The molecular formula is C31H30N2O2. The van der Waals surface area contributed by atoms with Crippen LogP contribution in [0, 0.1) is 0 Å². The fourth-order valence-corrected chi connectivity index (χ4v) is 4.44. The minimum Gasteiger partial charge on any atom is -0.489 e. The molecule has 0 spiro atoms. The molecule has 35 heavy (non-hydrogen) atoms. The molecule has 1 aliphatic heterocycles. The molecule has 0 unspecified atom stereocenters. The van der Waals surface area contributed by atoms with E-state index in [1.807, 2.05) is 71.6 Å². The Hall–Kier alpha value is -4.05. The zero-order valence-corrected chi connectivity index (χ0v) is 20.0. The van der Waals surface area contributed by atoms with E-state index >= 15 is 0 Å². The van der Waals surface area contributed by atoms with Gasteiger partial charge in [-0.05, 0) is 65.9 Å². The average molecular weight is 463 g/mol. The first-order chi connectivity index (χ1) is 17.2. The molecule has 1 N–H and O–H groups in total. The normalized spacial score (nSPS) is 14.8. The summed E-state index contributed by atoms with van der Waals surface area (Å²) in [6, 6.07) is 34.2. The van der Waals surface area contributed by atoms with E-state index in [4.69, 9.17) is 4.74 Å². The van der Waals surface area contributed by atoms with Gasteiger partial charge in [0.2, 0.25) is 0 Å². The number of anilines is 2. The lowest BCUT2D eigenvalue weighted by molar-refractivity contribution is 0.0975. The van der Waals surface area contributed by atoms with E-state index in [9.17, 15) is 4.79 Å². The van der Waals surface area contributed by atoms with Gasteiger partial charge in [0.15, 0.2) is 0 Å². The third-order valence-electron chi connectivity index (χ3n) is 6.40. The molecule has 1 heterocycles. The van der Waals surface area contributed by atoms with Gasteiger partial charge in [-0.15, -0.1) is 0 Å². The van der Waals surface area contributed by atoms with E-state index in [1.165, 1.54) is 12.0 Å². The van der Waals surface area contributed by atoms with Crippen LogP contribution in [-0.2, 0) is 13.0 Å². The predicted octanol–water partition coefficient (Wildman–Crippen LogP) is 7.38. The van der Waals surface area contributed by atoms with Gasteiger partial charge in [0.1, 0.15) is 18.5 Å². The number of unbranched alkanes of at least 4 members (excludes halogenated alkanes) is 1. The van der Waals surface area contributed by atoms with Gasteiger partial charge in [0.05, 0.1) is 5.56 Å². The van der Waals surface area contributed by atoms with Crippen molar-refractivity contribution in [2.45, 2.75) is 39.0 Å². The Morgan fingerprint density at radius 3 is 2.26 bits per heavy atom. The monoisotopic (exact) mass is 462 g/mol. The number of nitrogens with one attached hydrogen (secondary N) is 1. The fraction of sp³-hybridized carbons (Fsp3) is 0.194. The Kier molecular flexibility index (Phi) is 6.80.